The molecule has 0 aromatic carbocycles. The Morgan fingerprint density at radius 1 is 1.55 bits per heavy atom. The van der Waals surface area contributed by atoms with E-state index in [2.05, 4.69) is 0 Å². The van der Waals surface area contributed by atoms with Gasteiger partial charge in [-0.15, -0.1) is 0 Å². The number of rotatable bonds is 1. The van der Waals surface area contributed by atoms with E-state index >= 15 is 0 Å². The number of methoxy groups -OCH3 is 1. The van der Waals surface area contributed by atoms with Crippen LogP contribution < -0.4 is 5.73 Å². The maximum atomic E-state index is 10.9. The van der Waals surface area contributed by atoms with Crippen LogP contribution in [0.15, 0.2) is 23.6 Å². The zero-order valence-corrected chi connectivity index (χ0v) is 6.05. The van der Waals surface area contributed by atoms with Gasteiger partial charge in [0, 0.05) is 6.08 Å². The molecule has 3 N–H and O–H groups in total. The fourth-order valence-corrected chi connectivity index (χ4v) is 0.747. The molecule has 0 saturated heterocycles. The van der Waals surface area contributed by atoms with Gasteiger partial charge in [0.15, 0.2) is 0 Å². The fourth-order valence-electron chi connectivity index (χ4n) is 0.747. The molecule has 0 aliphatic heterocycles. The summed E-state index contributed by atoms with van der Waals surface area (Å²) in [5.41, 5.74) is 5.46. The fraction of sp³-hybridized carbons (Fsp3) is 0.143. The third-order valence-electron chi connectivity index (χ3n) is 1.33. The van der Waals surface area contributed by atoms with Gasteiger partial charge < -0.3 is 10.5 Å². The summed E-state index contributed by atoms with van der Waals surface area (Å²) in [7, 11) is 1.41. The van der Waals surface area contributed by atoms with Crippen LogP contribution in [0.5, 0.6) is 0 Å². The molecule has 1 aliphatic rings. The topological polar surface area (TPSA) is 76.2 Å². The van der Waals surface area contributed by atoms with E-state index in [0.717, 1.165) is 0 Å². The van der Waals surface area contributed by atoms with Crippen LogP contribution in [0.3, 0.4) is 0 Å². The second-order valence-corrected chi connectivity index (χ2v) is 2.09. The van der Waals surface area contributed by atoms with Crippen molar-refractivity contribution in [2.24, 2.45) is 5.73 Å². The Kier molecular flexibility index (Phi) is 1.76. The van der Waals surface area contributed by atoms with Crippen molar-refractivity contribution in [2.75, 3.05) is 7.11 Å². The van der Waals surface area contributed by atoms with Gasteiger partial charge in [-0.2, -0.15) is 0 Å². The van der Waals surface area contributed by atoms with E-state index < -0.39 is 0 Å². The van der Waals surface area contributed by atoms with Crippen molar-refractivity contribution in [3.05, 3.63) is 23.6 Å². The van der Waals surface area contributed by atoms with Crippen LogP contribution in [0.2, 0.25) is 0 Å². The molecule has 0 amide bonds. The predicted molar refractivity (Wildman–Crippen MR) is 40.1 cm³/mol. The second kappa shape index (κ2) is 2.57. The molecule has 1 aliphatic carbocycles. The maximum absolute atomic E-state index is 10.9. The van der Waals surface area contributed by atoms with E-state index in [1.807, 2.05) is 0 Å². The zero-order chi connectivity index (χ0) is 8.43. The molecule has 0 atom stereocenters. The minimum atomic E-state index is -0.308. The summed E-state index contributed by atoms with van der Waals surface area (Å²) in [6.45, 7) is 0. The lowest BCUT2D eigenvalue weighted by atomic mass is 10.1. The Labute approximate surface area is 63.8 Å². The van der Waals surface area contributed by atoms with Crippen LogP contribution in [0.25, 0.3) is 0 Å². The lowest BCUT2D eigenvalue weighted by molar-refractivity contribution is -0.111. The van der Waals surface area contributed by atoms with Crippen molar-refractivity contribution in [1.82, 2.24) is 0 Å². The van der Waals surface area contributed by atoms with Gasteiger partial charge in [-0.05, 0) is 6.08 Å². The van der Waals surface area contributed by atoms with Gasteiger partial charge in [0.2, 0.25) is 5.78 Å². The van der Waals surface area contributed by atoms with Crippen LogP contribution in [0.1, 0.15) is 0 Å². The van der Waals surface area contributed by atoms with Gasteiger partial charge in [0.05, 0.1) is 18.5 Å². The van der Waals surface area contributed by atoms with Crippen LogP contribution in [0, 0.1) is 5.41 Å². The molecule has 0 aromatic rings. The van der Waals surface area contributed by atoms with Crippen LogP contribution >= 0.6 is 0 Å². The number of nitrogens with one attached hydrogen (secondary N) is 1. The van der Waals surface area contributed by atoms with Gasteiger partial charge >= 0.3 is 0 Å². The van der Waals surface area contributed by atoms with Crippen LogP contribution in [-0.2, 0) is 9.53 Å². The summed E-state index contributed by atoms with van der Waals surface area (Å²) in [5.74, 6) is -0.0537. The minimum Gasteiger partial charge on any atom is -0.494 e. The Morgan fingerprint density at radius 2 is 2.18 bits per heavy atom. The monoisotopic (exact) mass is 152 g/mol. The number of ether oxygens (including phenoxy) is 1. The van der Waals surface area contributed by atoms with E-state index in [4.69, 9.17) is 15.9 Å². The molecule has 58 valence electrons. The van der Waals surface area contributed by atoms with E-state index in [0.29, 0.717) is 0 Å². The molecule has 4 nitrogen and oxygen atoms in total. The smallest absolute Gasteiger partial charge is 0.205 e. The van der Waals surface area contributed by atoms with Crippen molar-refractivity contribution < 1.29 is 9.53 Å². The molecule has 11 heavy (non-hydrogen) atoms. The highest BCUT2D eigenvalue weighted by Gasteiger charge is 2.14. The molecule has 0 aromatic heterocycles. The van der Waals surface area contributed by atoms with E-state index in [9.17, 15) is 4.79 Å². The number of carbonyl (C=O) groups is 1. The predicted octanol–water partition coefficient (Wildman–Crippen LogP) is -0.0382. The third kappa shape index (κ3) is 1.29. The van der Waals surface area contributed by atoms with Gasteiger partial charge in [-0.1, -0.05) is 0 Å². The van der Waals surface area contributed by atoms with Crippen LogP contribution in [0.4, 0.5) is 0 Å². The SMILES string of the molecule is COC1=CC(=O)C(N)=CC1=N. The highest BCUT2D eigenvalue weighted by atomic mass is 16.5. The number of ketones is 1. The van der Waals surface area contributed by atoms with Gasteiger partial charge in [-0.3, -0.25) is 10.2 Å². The first-order valence-electron chi connectivity index (χ1n) is 3.01. The number of carbonyl (C=O) groups excluding carboxylic acids is 1. The van der Waals surface area contributed by atoms with Crippen molar-refractivity contribution in [3.8, 4) is 0 Å². The molecule has 0 bridgehead atoms. The lowest BCUT2D eigenvalue weighted by Gasteiger charge is -2.09. The summed E-state index contributed by atoms with van der Waals surface area (Å²) in [5, 5.41) is 7.26. The highest BCUT2D eigenvalue weighted by Crippen LogP contribution is 2.08. The molecule has 1 rings (SSSR count). The first kappa shape index (κ1) is 7.53. The summed E-state index contributed by atoms with van der Waals surface area (Å²) in [6, 6.07) is 0. The molecule has 0 radical (unpaired) electrons. The molecule has 4 heteroatoms. The average Bonchev–Trinajstić information content (AvgIpc) is 1.97. The van der Waals surface area contributed by atoms with Gasteiger partial charge in [0.1, 0.15) is 5.76 Å². The quantitative estimate of drug-likeness (QED) is 0.517. The number of nitrogens with two attached hydrogens (primary N) is 1. The van der Waals surface area contributed by atoms with E-state index in [1.54, 1.807) is 0 Å². The average molecular weight is 152 g/mol. The Bertz CT molecular complexity index is 276. The molecule has 0 fully saturated rings. The molecular formula is C7H8N2O2. The van der Waals surface area contributed by atoms with Crippen molar-refractivity contribution in [1.29, 1.82) is 5.41 Å². The molecule has 0 saturated carbocycles. The summed E-state index contributed by atoms with van der Waals surface area (Å²) >= 11 is 0. The normalized spacial score (nSPS) is 17.5. The van der Waals surface area contributed by atoms with Gasteiger partial charge in [0.25, 0.3) is 0 Å². The summed E-state index contributed by atoms with van der Waals surface area (Å²) in [4.78, 5) is 10.9. The molecular weight excluding hydrogens is 144 g/mol. The zero-order valence-electron chi connectivity index (χ0n) is 6.05. The first-order chi connectivity index (χ1) is 5.15. The van der Waals surface area contributed by atoms with Gasteiger partial charge in [-0.25, -0.2) is 0 Å². The summed E-state index contributed by atoms with van der Waals surface area (Å²) < 4.78 is 4.74. The molecule has 0 heterocycles. The van der Waals surface area contributed by atoms with Crippen molar-refractivity contribution in [2.45, 2.75) is 0 Å². The summed E-state index contributed by atoms with van der Waals surface area (Å²) in [6.07, 6.45) is 2.48. The van der Waals surface area contributed by atoms with Crippen LogP contribution in [-0.4, -0.2) is 18.6 Å². The third-order valence-corrected chi connectivity index (χ3v) is 1.33. The number of allylic oxidation sites excluding steroid dienone is 2. The largest absolute Gasteiger partial charge is 0.494 e. The van der Waals surface area contributed by atoms with Crippen molar-refractivity contribution in [3.63, 3.8) is 0 Å². The number of hydrogen-bond donors (Lipinski definition) is 2. The molecule has 0 unspecified atom stereocenters. The first-order valence-corrected chi connectivity index (χ1v) is 3.01. The maximum Gasteiger partial charge on any atom is 0.205 e. The molecule has 0 spiro atoms. The van der Waals surface area contributed by atoms with E-state index in [-0.39, 0.29) is 23.0 Å². The highest BCUT2D eigenvalue weighted by molar-refractivity contribution is 6.19. The minimum absolute atomic E-state index is 0.0794. The second-order valence-electron chi connectivity index (χ2n) is 2.09. The Balaban J connectivity index is 2.98. The van der Waals surface area contributed by atoms with Crippen molar-refractivity contribution >= 4 is 11.5 Å². The standard InChI is InChI=1S/C7H8N2O2/c1-11-7-3-6(10)4(8)2-5(7)9/h2-3,9H,8H2,1H3. The number of hydrogen-bond acceptors (Lipinski definition) is 4. The lowest BCUT2D eigenvalue weighted by Crippen LogP contribution is -2.18. The Morgan fingerprint density at radius 3 is 2.73 bits per heavy atom. The van der Waals surface area contributed by atoms with E-state index in [1.165, 1.54) is 19.3 Å². The Hall–Kier alpha value is -1.58.